The molecule has 0 heterocycles. The van der Waals surface area contributed by atoms with Crippen LogP contribution in [0.1, 0.15) is 36.7 Å². The molecule has 2 rings (SSSR count). The zero-order chi connectivity index (χ0) is 25.1. The first-order valence-electron chi connectivity index (χ1n) is 10.6. The average molecular weight is 474 g/mol. The highest BCUT2D eigenvalue weighted by Crippen LogP contribution is 2.28. The summed E-state index contributed by atoms with van der Waals surface area (Å²) >= 11 is 0. The summed E-state index contributed by atoms with van der Waals surface area (Å²) in [5.74, 6) is -1.99. The van der Waals surface area contributed by atoms with E-state index in [1.165, 1.54) is 37.6 Å². The van der Waals surface area contributed by atoms with Gasteiger partial charge in [-0.25, -0.2) is 14.6 Å². The van der Waals surface area contributed by atoms with E-state index in [2.05, 4.69) is 20.6 Å². The number of carbonyl (C=O) groups excluding carboxylic acids is 3. The summed E-state index contributed by atoms with van der Waals surface area (Å²) in [5.41, 5.74) is 2.82. The third-order valence-corrected chi connectivity index (χ3v) is 4.58. The highest BCUT2D eigenvalue weighted by molar-refractivity contribution is 5.98. The predicted octanol–water partition coefficient (Wildman–Crippen LogP) is 2.68. The van der Waals surface area contributed by atoms with Crippen molar-refractivity contribution < 1.29 is 33.0 Å². The maximum Gasteiger partial charge on any atom is 0.343 e. The van der Waals surface area contributed by atoms with Gasteiger partial charge in [0.25, 0.3) is 11.8 Å². The first kappa shape index (κ1) is 26.3. The van der Waals surface area contributed by atoms with Crippen molar-refractivity contribution in [3.8, 4) is 11.5 Å². The molecule has 9 nitrogen and oxygen atoms in total. The molecule has 2 amide bonds. The number of nitrogens with zero attached hydrogens (tertiary/aromatic N) is 1. The van der Waals surface area contributed by atoms with Crippen molar-refractivity contribution in [3.63, 3.8) is 0 Å². The molecule has 1 atom stereocenters. The SMILES string of the molecule is CCOc1cc(C=NNC(=O)C(NC(=O)c2ccccc2F)C(C)C)ccc1OCC(=O)OC. The lowest BCUT2D eigenvalue weighted by Crippen LogP contribution is -2.48. The predicted molar refractivity (Wildman–Crippen MR) is 123 cm³/mol. The fraction of sp³-hybridized carbons (Fsp3) is 0.333. The van der Waals surface area contributed by atoms with Gasteiger partial charge in [-0.15, -0.1) is 0 Å². The molecule has 182 valence electrons. The Bertz CT molecular complexity index is 1040. The van der Waals surface area contributed by atoms with E-state index in [4.69, 9.17) is 9.47 Å². The fourth-order valence-corrected chi connectivity index (χ4v) is 2.83. The topological polar surface area (TPSA) is 115 Å². The Balaban J connectivity index is 2.06. The summed E-state index contributed by atoms with van der Waals surface area (Å²) < 4.78 is 29.4. The lowest BCUT2D eigenvalue weighted by atomic mass is 10.0. The molecule has 0 aliphatic heterocycles. The van der Waals surface area contributed by atoms with E-state index in [9.17, 15) is 18.8 Å². The molecule has 0 spiro atoms. The van der Waals surface area contributed by atoms with Crippen molar-refractivity contribution in [1.29, 1.82) is 0 Å². The fourth-order valence-electron chi connectivity index (χ4n) is 2.83. The van der Waals surface area contributed by atoms with Gasteiger partial charge < -0.3 is 19.5 Å². The van der Waals surface area contributed by atoms with Crippen LogP contribution >= 0.6 is 0 Å². The van der Waals surface area contributed by atoms with Gasteiger partial charge >= 0.3 is 5.97 Å². The van der Waals surface area contributed by atoms with Gasteiger partial charge in [-0.05, 0) is 48.7 Å². The van der Waals surface area contributed by atoms with E-state index >= 15 is 0 Å². The first-order chi connectivity index (χ1) is 16.3. The second-order valence-electron chi connectivity index (χ2n) is 7.41. The molecule has 2 aromatic carbocycles. The van der Waals surface area contributed by atoms with Crippen molar-refractivity contribution >= 4 is 24.0 Å². The van der Waals surface area contributed by atoms with E-state index in [0.29, 0.717) is 23.7 Å². The Labute approximate surface area is 197 Å². The van der Waals surface area contributed by atoms with Crippen LogP contribution in [-0.4, -0.2) is 50.4 Å². The van der Waals surface area contributed by atoms with Crippen molar-refractivity contribution in [2.45, 2.75) is 26.8 Å². The average Bonchev–Trinajstić information content (AvgIpc) is 2.81. The Hall–Kier alpha value is -3.95. The minimum absolute atomic E-state index is 0.151. The number of halogens is 1. The minimum atomic E-state index is -0.933. The zero-order valence-corrected chi connectivity index (χ0v) is 19.5. The van der Waals surface area contributed by atoms with Crippen LogP contribution in [0, 0.1) is 11.7 Å². The van der Waals surface area contributed by atoms with Crippen LogP contribution in [0.25, 0.3) is 0 Å². The van der Waals surface area contributed by atoms with Crippen LogP contribution in [0.3, 0.4) is 0 Å². The van der Waals surface area contributed by atoms with Gasteiger partial charge in [0.1, 0.15) is 11.9 Å². The molecule has 0 saturated carbocycles. The van der Waals surface area contributed by atoms with E-state index in [-0.39, 0.29) is 18.1 Å². The maximum absolute atomic E-state index is 13.9. The van der Waals surface area contributed by atoms with Gasteiger partial charge in [0.2, 0.25) is 0 Å². The minimum Gasteiger partial charge on any atom is -0.490 e. The molecule has 2 aromatic rings. The highest BCUT2D eigenvalue weighted by Gasteiger charge is 2.25. The zero-order valence-electron chi connectivity index (χ0n) is 19.5. The van der Waals surface area contributed by atoms with Gasteiger partial charge in [0.15, 0.2) is 18.1 Å². The smallest absolute Gasteiger partial charge is 0.343 e. The molecule has 2 N–H and O–H groups in total. The number of amides is 2. The number of methoxy groups -OCH3 is 1. The third kappa shape index (κ3) is 7.58. The summed E-state index contributed by atoms with van der Waals surface area (Å²) in [4.78, 5) is 36.3. The quantitative estimate of drug-likeness (QED) is 0.295. The Kier molecular flexibility index (Phi) is 10.0. The van der Waals surface area contributed by atoms with Crippen LogP contribution in [0.2, 0.25) is 0 Å². The van der Waals surface area contributed by atoms with E-state index in [1.807, 2.05) is 0 Å². The third-order valence-electron chi connectivity index (χ3n) is 4.58. The second kappa shape index (κ2) is 12.9. The van der Waals surface area contributed by atoms with Crippen molar-refractivity contribution in [2.24, 2.45) is 11.0 Å². The number of esters is 1. The van der Waals surface area contributed by atoms with Gasteiger partial charge in [-0.3, -0.25) is 9.59 Å². The summed E-state index contributed by atoms with van der Waals surface area (Å²) in [6.07, 6.45) is 1.39. The number of benzene rings is 2. The summed E-state index contributed by atoms with van der Waals surface area (Å²) in [6, 6.07) is 9.48. The number of rotatable bonds is 11. The monoisotopic (exact) mass is 473 g/mol. The largest absolute Gasteiger partial charge is 0.490 e. The molecular weight excluding hydrogens is 445 g/mol. The number of hydrazone groups is 1. The van der Waals surface area contributed by atoms with Crippen LogP contribution in [0.5, 0.6) is 11.5 Å². The molecule has 0 saturated heterocycles. The lowest BCUT2D eigenvalue weighted by Gasteiger charge is -2.20. The van der Waals surface area contributed by atoms with E-state index in [1.54, 1.807) is 39.0 Å². The summed E-state index contributed by atoms with van der Waals surface area (Å²) in [6.45, 7) is 5.39. The normalized spacial score (nSPS) is 11.7. The molecule has 10 heteroatoms. The maximum atomic E-state index is 13.9. The van der Waals surface area contributed by atoms with Crippen LogP contribution in [-0.2, 0) is 14.3 Å². The van der Waals surface area contributed by atoms with E-state index < -0.39 is 29.6 Å². The number of hydrogen-bond donors (Lipinski definition) is 2. The molecule has 1 unspecified atom stereocenters. The molecule has 0 radical (unpaired) electrons. The van der Waals surface area contributed by atoms with Crippen molar-refractivity contribution in [2.75, 3.05) is 20.3 Å². The van der Waals surface area contributed by atoms with Crippen LogP contribution in [0.4, 0.5) is 4.39 Å². The Morgan fingerprint density at radius 1 is 1.09 bits per heavy atom. The Morgan fingerprint density at radius 2 is 1.82 bits per heavy atom. The van der Waals surface area contributed by atoms with Crippen LogP contribution < -0.4 is 20.2 Å². The van der Waals surface area contributed by atoms with Crippen LogP contribution in [0.15, 0.2) is 47.6 Å². The molecule has 0 aliphatic carbocycles. The summed E-state index contributed by atoms with van der Waals surface area (Å²) in [7, 11) is 1.26. The summed E-state index contributed by atoms with van der Waals surface area (Å²) in [5, 5.41) is 6.48. The first-order valence-corrected chi connectivity index (χ1v) is 10.6. The van der Waals surface area contributed by atoms with Crippen molar-refractivity contribution in [1.82, 2.24) is 10.7 Å². The molecule has 0 bridgehead atoms. The van der Waals surface area contributed by atoms with Crippen molar-refractivity contribution in [3.05, 3.63) is 59.4 Å². The molecular formula is C24H28FN3O6. The number of nitrogens with one attached hydrogen (secondary N) is 2. The number of hydrogen-bond acceptors (Lipinski definition) is 7. The number of ether oxygens (including phenoxy) is 3. The highest BCUT2D eigenvalue weighted by atomic mass is 19.1. The van der Waals surface area contributed by atoms with Gasteiger partial charge in [0.05, 0.1) is 25.5 Å². The molecule has 34 heavy (non-hydrogen) atoms. The second-order valence-corrected chi connectivity index (χ2v) is 7.41. The Morgan fingerprint density at radius 3 is 2.47 bits per heavy atom. The standard InChI is InChI=1S/C24H28FN3O6/c1-5-33-20-12-16(10-11-19(20)34-14-21(29)32-4)13-26-28-24(31)22(15(2)3)27-23(30)17-8-6-7-9-18(17)25/h6-13,15,22H,5,14H2,1-4H3,(H,27,30)(H,28,31). The molecule has 0 aromatic heterocycles. The molecule has 0 fully saturated rings. The van der Waals surface area contributed by atoms with E-state index in [0.717, 1.165) is 0 Å². The number of carbonyl (C=O) groups is 3. The van der Waals surface area contributed by atoms with Gasteiger partial charge in [-0.1, -0.05) is 26.0 Å². The van der Waals surface area contributed by atoms with Gasteiger partial charge in [-0.2, -0.15) is 5.10 Å². The lowest BCUT2D eigenvalue weighted by molar-refractivity contribution is -0.142. The van der Waals surface area contributed by atoms with Gasteiger partial charge in [0, 0.05) is 0 Å². The molecule has 0 aliphatic rings.